The van der Waals surface area contributed by atoms with Gasteiger partial charge in [0.2, 0.25) is 0 Å². The fraction of sp³-hybridized carbons (Fsp3) is 0.231. The largest absolute Gasteiger partial charge is 0.464 e. The van der Waals surface area contributed by atoms with Gasteiger partial charge in [0, 0.05) is 10.9 Å². The van der Waals surface area contributed by atoms with Gasteiger partial charge in [-0.1, -0.05) is 18.5 Å². The number of rotatable bonds is 3. The lowest BCUT2D eigenvalue weighted by atomic mass is 10.3. The van der Waals surface area contributed by atoms with E-state index in [-0.39, 0.29) is 11.5 Å². The SMILES string of the molecule is CCc1nc(C(=O)OC)c(N)n1-c1ccc(Br)c(Cl)c1. The monoisotopic (exact) mass is 357 g/mol. The van der Waals surface area contributed by atoms with Gasteiger partial charge in [-0.05, 0) is 34.1 Å². The molecule has 0 aliphatic carbocycles. The van der Waals surface area contributed by atoms with Crippen molar-refractivity contribution in [3.8, 4) is 5.69 Å². The number of hydrogen-bond donors (Lipinski definition) is 1. The van der Waals surface area contributed by atoms with Crippen molar-refractivity contribution < 1.29 is 9.53 Å². The highest BCUT2D eigenvalue weighted by Gasteiger charge is 2.21. The fourth-order valence-electron chi connectivity index (χ4n) is 1.88. The number of nitrogens with two attached hydrogens (primary N) is 1. The van der Waals surface area contributed by atoms with Gasteiger partial charge < -0.3 is 10.5 Å². The summed E-state index contributed by atoms with van der Waals surface area (Å²) in [6, 6.07) is 5.41. The molecule has 0 unspecified atom stereocenters. The molecule has 1 aromatic carbocycles. The molecule has 0 aliphatic rings. The Bertz CT molecular complexity index is 670. The number of methoxy groups -OCH3 is 1. The number of hydrogen-bond acceptors (Lipinski definition) is 4. The Morgan fingerprint density at radius 1 is 1.55 bits per heavy atom. The molecule has 0 atom stereocenters. The number of ether oxygens (including phenoxy) is 1. The average Bonchev–Trinajstić information content (AvgIpc) is 2.78. The summed E-state index contributed by atoms with van der Waals surface area (Å²) in [7, 11) is 1.29. The number of aromatic nitrogens is 2. The van der Waals surface area contributed by atoms with Crippen LogP contribution in [0.1, 0.15) is 23.2 Å². The summed E-state index contributed by atoms with van der Waals surface area (Å²) in [6.45, 7) is 1.93. The van der Waals surface area contributed by atoms with Crippen molar-refractivity contribution in [2.24, 2.45) is 0 Å². The molecule has 0 spiro atoms. The van der Waals surface area contributed by atoms with Crippen molar-refractivity contribution in [1.29, 1.82) is 0 Å². The lowest BCUT2D eigenvalue weighted by Gasteiger charge is -2.10. The van der Waals surface area contributed by atoms with E-state index in [1.165, 1.54) is 7.11 Å². The molecule has 1 aromatic heterocycles. The van der Waals surface area contributed by atoms with Crippen LogP contribution in [0, 0.1) is 0 Å². The lowest BCUT2D eigenvalue weighted by molar-refractivity contribution is 0.0596. The number of aryl methyl sites for hydroxylation is 1. The standard InChI is InChI=1S/C13H13BrClN3O2/c1-3-10-17-11(13(19)20-2)12(16)18(10)7-4-5-8(14)9(15)6-7/h4-6H,3,16H2,1-2H3. The zero-order chi connectivity index (χ0) is 14.9. The van der Waals surface area contributed by atoms with Crippen molar-refractivity contribution >= 4 is 39.3 Å². The van der Waals surface area contributed by atoms with E-state index in [0.717, 1.165) is 10.2 Å². The number of carbonyl (C=O) groups is 1. The van der Waals surface area contributed by atoms with Gasteiger partial charge in [0.15, 0.2) is 5.69 Å². The van der Waals surface area contributed by atoms with Crippen LogP contribution in [0.5, 0.6) is 0 Å². The molecule has 5 nitrogen and oxygen atoms in total. The second-order valence-corrected chi connectivity index (χ2v) is 5.30. The molecular weight excluding hydrogens is 346 g/mol. The number of anilines is 1. The van der Waals surface area contributed by atoms with Crippen LogP contribution in [0.3, 0.4) is 0 Å². The maximum Gasteiger partial charge on any atom is 0.360 e. The van der Waals surface area contributed by atoms with Crippen molar-refractivity contribution in [1.82, 2.24) is 9.55 Å². The summed E-state index contributed by atoms with van der Waals surface area (Å²) < 4.78 is 7.16. The van der Waals surface area contributed by atoms with Gasteiger partial charge in [0.05, 0.1) is 17.8 Å². The van der Waals surface area contributed by atoms with E-state index in [9.17, 15) is 4.79 Å². The Morgan fingerprint density at radius 2 is 2.25 bits per heavy atom. The smallest absolute Gasteiger partial charge is 0.360 e. The van der Waals surface area contributed by atoms with Crippen LogP contribution in [0.15, 0.2) is 22.7 Å². The molecular formula is C13H13BrClN3O2. The van der Waals surface area contributed by atoms with Crippen LogP contribution < -0.4 is 5.73 Å². The highest BCUT2D eigenvalue weighted by molar-refractivity contribution is 9.10. The molecule has 0 fully saturated rings. The van der Waals surface area contributed by atoms with Crippen LogP contribution >= 0.6 is 27.5 Å². The summed E-state index contributed by atoms with van der Waals surface area (Å²) in [5.74, 6) is 0.354. The zero-order valence-corrected chi connectivity index (χ0v) is 13.3. The number of imidazole rings is 1. The Labute approximate surface area is 129 Å². The molecule has 0 bridgehead atoms. The highest BCUT2D eigenvalue weighted by atomic mass is 79.9. The van der Waals surface area contributed by atoms with Gasteiger partial charge in [-0.25, -0.2) is 9.78 Å². The number of halogens is 2. The van der Waals surface area contributed by atoms with Crippen molar-refractivity contribution in [2.45, 2.75) is 13.3 Å². The Hall–Kier alpha value is -1.53. The second kappa shape index (κ2) is 5.85. The first-order valence-electron chi connectivity index (χ1n) is 5.90. The second-order valence-electron chi connectivity index (χ2n) is 4.04. The maximum atomic E-state index is 11.7. The number of esters is 1. The normalized spacial score (nSPS) is 10.6. The minimum absolute atomic E-state index is 0.114. The van der Waals surface area contributed by atoms with E-state index in [4.69, 9.17) is 17.3 Å². The van der Waals surface area contributed by atoms with Crippen LogP contribution in [0.25, 0.3) is 5.69 Å². The third-order valence-electron chi connectivity index (χ3n) is 2.84. The van der Waals surface area contributed by atoms with E-state index >= 15 is 0 Å². The van der Waals surface area contributed by atoms with Crippen LogP contribution in [0.2, 0.25) is 5.02 Å². The molecule has 2 aromatic rings. The fourth-order valence-corrected chi connectivity index (χ4v) is 2.30. The van der Waals surface area contributed by atoms with Gasteiger partial charge >= 0.3 is 5.97 Å². The van der Waals surface area contributed by atoms with E-state index in [0.29, 0.717) is 17.3 Å². The zero-order valence-electron chi connectivity index (χ0n) is 11.0. The minimum atomic E-state index is -0.556. The number of nitrogen functional groups attached to an aromatic ring is 1. The highest BCUT2D eigenvalue weighted by Crippen LogP contribution is 2.28. The molecule has 106 valence electrons. The molecule has 20 heavy (non-hydrogen) atoms. The Balaban J connectivity index is 2.63. The predicted molar refractivity (Wildman–Crippen MR) is 81.4 cm³/mol. The van der Waals surface area contributed by atoms with Gasteiger partial charge in [0.25, 0.3) is 0 Å². The minimum Gasteiger partial charge on any atom is -0.464 e. The first kappa shape index (κ1) is 14.9. The van der Waals surface area contributed by atoms with Gasteiger partial charge in [-0.15, -0.1) is 0 Å². The summed E-state index contributed by atoms with van der Waals surface area (Å²) >= 11 is 9.43. The molecule has 2 rings (SSSR count). The molecule has 0 saturated carbocycles. The summed E-state index contributed by atoms with van der Waals surface area (Å²) in [4.78, 5) is 15.9. The third kappa shape index (κ3) is 2.53. The Kier molecular flexibility index (Phi) is 4.35. The molecule has 0 radical (unpaired) electrons. The maximum absolute atomic E-state index is 11.7. The molecule has 7 heteroatoms. The molecule has 1 heterocycles. The average molecular weight is 359 g/mol. The summed E-state index contributed by atoms with van der Waals surface area (Å²) in [5, 5.41) is 0.553. The van der Waals surface area contributed by atoms with Gasteiger partial charge in [0.1, 0.15) is 11.6 Å². The molecule has 0 saturated heterocycles. The number of carbonyl (C=O) groups excluding carboxylic acids is 1. The van der Waals surface area contributed by atoms with Crippen molar-refractivity contribution in [3.05, 3.63) is 39.2 Å². The van der Waals surface area contributed by atoms with Gasteiger partial charge in [-0.2, -0.15) is 0 Å². The van der Waals surface area contributed by atoms with Crippen LogP contribution in [0.4, 0.5) is 5.82 Å². The summed E-state index contributed by atoms with van der Waals surface area (Å²) in [5.41, 5.74) is 6.88. The van der Waals surface area contributed by atoms with E-state index in [2.05, 4.69) is 25.7 Å². The third-order valence-corrected chi connectivity index (χ3v) is 4.07. The predicted octanol–water partition coefficient (Wildman–Crippen LogP) is 3.22. The van der Waals surface area contributed by atoms with Gasteiger partial charge in [-0.3, -0.25) is 4.57 Å². The first-order chi connectivity index (χ1) is 9.49. The van der Waals surface area contributed by atoms with Crippen molar-refractivity contribution in [3.63, 3.8) is 0 Å². The lowest BCUT2D eigenvalue weighted by Crippen LogP contribution is -2.08. The molecule has 2 N–H and O–H groups in total. The molecule has 0 amide bonds. The topological polar surface area (TPSA) is 70.1 Å². The van der Waals surface area contributed by atoms with E-state index in [1.807, 2.05) is 19.1 Å². The van der Waals surface area contributed by atoms with Crippen molar-refractivity contribution in [2.75, 3.05) is 12.8 Å². The van der Waals surface area contributed by atoms with Crippen LogP contribution in [-0.2, 0) is 11.2 Å². The summed E-state index contributed by atoms with van der Waals surface area (Å²) in [6.07, 6.45) is 0.620. The van der Waals surface area contributed by atoms with E-state index < -0.39 is 5.97 Å². The Morgan fingerprint density at radius 3 is 2.80 bits per heavy atom. The number of benzene rings is 1. The van der Waals surface area contributed by atoms with Crippen LogP contribution in [-0.4, -0.2) is 22.6 Å². The molecule has 0 aliphatic heterocycles. The quantitative estimate of drug-likeness (QED) is 0.855. The number of nitrogens with zero attached hydrogens (tertiary/aromatic N) is 2. The first-order valence-corrected chi connectivity index (χ1v) is 7.07. The van der Waals surface area contributed by atoms with E-state index in [1.54, 1.807) is 10.6 Å².